The SMILES string of the molecule is COC(=O)/C=C1\CCCC[C@H]1C. The average molecular weight is 168 g/mol. The van der Waals surface area contributed by atoms with Crippen molar-refractivity contribution in [3.05, 3.63) is 11.6 Å². The van der Waals surface area contributed by atoms with Gasteiger partial charge in [0.15, 0.2) is 0 Å². The summed E-state index contributed by atoms with van der Waals surface area (Å²) in [6.45, 7) is 2.17. The van der Waals surface area contributed by atoms with Crippen LogP contribution in [0.3, 0.4) is 0 Å². The molecule has 1 aliphatic carbocycles. The zero-order chi connectivity index (χ0) is 8.97. The van der Waals surface area contributed by atoms with Gasteiger partial charge < -0.3 is 4.74 Å². The molecule has 68 valence electrons. The normalized spacial score (nSPS) is 27.2. The second-order valence-corrected chi connectivity index (χ2v) is 3.39. The molecule has 12 heavy (non-hydrogen) atoms. The number of methoxy groups -OCH3 is 1. The molecule has 1 aliphatic rings. The van der Waals surface area contributed by atoms with Crippen LogP contribution in [-0.4, -0.2) is 13.1 Å². The van der Waals surface area contributed by atoms with Crippen molar-refractivity contribution in [1.29, 1.82) is 0 Å². The Bertz CT molecular complexity index is 194. The maximum Gasteiger partial charge on any atom is 0.330 e. The molecule has 1 rings (SSSR count). The molecule has 1 atom stereocenters. The molecule has 1 saturated carbocycles. The van der Waals surface area contributed by atoms with Gasteiger partial charge in [0.1, 0.15) is 0 Å². The van der Waals surface area contributed by atoms with Crippen LogP contribution in [0.1, 0.15) is 32.6 Å². The van der Waals surface area contributed by atoms with Gasteiger partial charge in [0.2, 0.25) is 0 Å². The molecule has 1 fully saturated rings. The van der Waals surface area contributed by atoms with Crippen molar-refractivity contribution in [2.45, 2.75) is 32.6 Å². The number of carbonyl (C=O) groups is 1. The predicted octanol–water partition coefficient (Wildman–Crippen LogP) is 2.30. The van der Waals surface area contributed by atoms with Gasteiger partial charge in [-0.05, 0) is 25.2 Å². The second kappa shape index (κ2) is 4.29. The molecular weight excluding hydrogens is 152 g/mol. The zero-order valence-electron chi connectivity index (χ0n) is 7.80. The fourth-order valence-corrected chi connectivity index (χ4v) is 1.64. The van der Waals surface area contributed by atoms with Crippen molar-refractivity contribution in [2.24, 2.45) is 5.92 Å². The Morgan fingerprint density at radius 1 is 1.58 bits per heavy atom. The lowest BCUT2D eigenvalue weighted by atomic mass is 9.85. The third kappa shape index (κ3) is 2.36. The van der Waals surface area contributed by atoms with E-state index in [-0.39, 0.29) is 5.97 Å². The molecule has 0 radical (unpaired) electrons. The van der Waals surface area contributed by atoms with E-state index in [1.54, 1.807) is 6.08 Å². The van der Waals surface area contributed by atoms with Crippen LogP contribution in [0.5, 0.6) is 0 Å². The van der Waals surface area contributed by atoms with Crippen molar-refractivity contribution in [3.63, 3.8) is 0 Å². The number of hydrogen-bond acceptors (Lipinski definition) is 2. The third-order valence-electron chi connectivity index (χ3n) is 2.49. The third-order valence-corrected chi connectivity index (χ3v) is 2.49. The standard InChI is InChI=1S/C10H16O2/c1-8-5-3-4-6-9(8)7-10(11)12-2/h7-8H,3-6H2,1-2H3/b9-7+/t8-/m1/s1. The first kappa shape index (κ1) is 9.30. The van der Waals surface area contributed by atoms with Gasteiger partial charge in [0.05, 0.1) is 7.11 Å². The number of carbonyl (C=O) groups excluding carboxylic acids is 1. The maximum absolute atomic E-state index is 10.9. The van der Waals surface area contributed by atoms with Crippen molar-refractivity contribution >= 4 is 5.97 Å². The zero-order valence-corrected chi connectivity index (χ0v) is 7.80. The smallest absolute Gasteiger partial charge is 0.330 e. The van der Waals surface area contributed by atoms with Crippen LogP contribution < -0.4 is 0 Å². The molecular formula is C10H16O2. The minimum atomic E-state index is -0.209. The summed E-state index contributed by atoms with van der Waals surface area (Å²) in [4.78, 5) is 10.9. The van der Waals surface area contributed by atoms with Gasteiger partial charge in [-0.3, -0.25) is 0 Å². The molecule has 2 heteroatoms. The summed E-state index contributed by atoms with van der Waals surface area (Å²) in [7, 11) is 1.42. The van der Waals surface area contributed by atoms with Gasteiger partial charge in [0, 0.05) is 6.08 Å². The van der Waals surface area contributed by atoms with E-state index in [9.17, 15) is 4.79 Å². The highest BCUT2D eigenvalue weighted by Crippen LogP contribution is 2.28. The number of esters is 1. The molecule has 0 amide bonds. The maximum atomic E-state index is 10.9. The highest BCUT2D eigenvalue weighted by molar-refractivity contribution is 5.82. The summed E-state index contributed by atoms with van der Waals surface area (Å²) in [6, 6.07) is 0. The van der Waals surface area contributed by atoms with Gasteiger partial charge in [0.25, 0.3) is 0 Å². The first-order chi connectivity index (χ1) is 5.74. The van der Waals surface area contributed by atoms with Gasteiger partial charge in [-0.1, -0.05) is 18.9 Å². The summed E-state index contributed by atoms with van der Waals surface area (Å²) >= 11 is 0. The van der Waals surface area contributed by atoms with Crippen molar-refractivity contribution in [3.8, 4) is 0 Å². The average Bonchev–Trinajstić information content (AvgIpc) is 2.09. The molecule has 2 nitrogen and oxygen atoms in total. The van der Waals surface area contributed by atoms with Crippen LogP contribution in [0, 0.1) is 5.92 Å². The van der Waals surface area contributed by atoms with Crippen LogP contribution in [-0.2, 0) is 9.53 Å². The number of hydrogen-bond donors (Lipinski definition) is 0. The van der Waals surface area contributed by atoms with Crippen LogP contribution >= 0.6 is 0 Å². The van der Waals surface area contributed by atoms with Gasteiger partial charge in [-0.2, -0.15) is 0 Å². The van der Waals surface area contributed by atoms with Crippen LogP contribution in [0.25, 0.3) is 0 Å². The van der Waals surface area contributed by atoms with E-state index in [1.165, 1.54) is 31.9 Å². The second-order valence-electron chi connectivity index (χ2n) is 3.39. The molecule has 0 unspecified atom stereocenters. The first-order valence-corrected chi connectivity index (χ1v) is 4.52. The van der Waals surface area contributed by atoms with E-state index in [4.69, 9.17) is 0 Å². The molecule has 0 bridgehead atoms. The quantitative estimate of drug-likeness (QED) is 0.443. The molecule has 0 heterocycles. The summed E-state index contributed by atoms with van der Waals surface area (Å²) < 4.78 is 4.59. The minimum Gasteiger partial charge on any atom is -0.466 e. The summed E-state index contributed by atoms with van der Waals surface area (Å²) in [6.07, 6.45) is 6.44. The topological polar surface area (TPSA) is 26.3 Å². The van der Waals surface area contributed by atoms with E-state index in [0.717, 1.165) is 6.42 Å². The molecule has 0 aromatic heterocycles. The molecule has 0 N–H and O–H groups in total. The Kier molecular flexibility index (Phi) is 3.32. The molecule has 0 saturated heterocycles. The molecule has 0 aromatic carbocycles. The Morgan fingerprint density at radius 2 is 2.33 bits per heavy atom. The number of ether oxygens (including phenoxy) is 1. The summed E-state index contributed by atoms with van der Waals surface area (Å²) in [5, 5.41) is 0. The van der Waals surface area contributed by atoms with Crippen molar-refractivity contribution < 1.29 is 9.53 Å². The van der Waals surface area contributed by atoms with Crippen molar-refractivity contribution in [1.82, 2.24) is 0 Å². The van der Waals surface area contributed by atoms with E-state index in [0.29, 0.717) is 5.92 Å². The van der Waals surface area contributed by atoms with Crippen LogP contribution in [0.15, 0.2) is 11.6 Å². The first-order valence-electron chi connectivity index (χ1n) is 4.52. The van der Waals surface area contributed by atoms with E-state index >= 15 is 0 Å². The largest absolute Gasteiger partial charge is 0.466 e. The molecule has 0 aliphatic heterocycles. The summed E-state index contributed by atoms with van der Waals surface area (Å²) in [5.74, 6) is 0.358. The molecule has 0 spiro atoms. The fourth-order valence-electron chi connectivity index (χ4n) is 1.64. The Hall–Kier alpha value is -0.790. The summed E-state index contributed by atoms with van der Waals surface area (Å²) in [5.41, 5.74) is 1.26. The lowest BCUT2D eigenvalue weighted by Crippen LogP contribution is -2.08. The predicted molar refractivity (Wildman–Crippen MR) is 47.7 cm³/mol. The van der Waals surface area contributed by atoms with Gasteiger partial charge in [-0.15, -0.1) is 0 Å². The Balaban J connectivity index is 2.58. The Morgan fingerprint density at radius 3 is 2.92 bits per heavy atom. The van der Waals surface area contributed by atoms with Crippen LogP contribution in [0.4, 0.5) is 0 Å². The fraction of sp³-hybridized carbons (Fsp3) is 0.700. The number of rotatable bonds is 1. The van der Waals surface area contributed by atoms with Crippen molar-refractivity contribution in [2.75, 3.05) is 7.11 Å². The lowest BCUT2D eigenvalue weighted by molar-refractivity contribution is -0.134. The van der Waals surface area contributed by atoms with Gasteiger partial charge in [-0.25, -0.2) is 4.79 Å². The lowest BCUT2D eigenvalue weighted by Gasteiger charge is -2.20. The van der Waals surface area contributed by atoms with E-state index in [2.05, 4.69) is 11.7 Å². The monoisotopic (exact) mass is 168 g/mol. The highest BCUT2D eigenvalue weighted by atomic mass is 16.5. The van der Waals surface area contributed by atoms with Gasteiger partial charge >= 0.3 is 5.97 Å². The van der Waals surface area contributed by atoms with E-state index in [1.807, 2.05) is 0 Å². The minimum absolute atomic E-state index is 0.209. The van der Waals surface area contributed by atoms with E-state index < -0.39 is 0 Å². The Labute approximate surface area is 73.6 Å². The highest BCUT2D eigenvalue weighted by Gasteiger charge is 2.14. The molecule has 0 aromatic rings. The number of allylic oxidation sites excluding steroid dienone is 1. The van der Waals surface area contributed by atoms with Crippen LogP contribution in [0.2, 0.25) is 0 Å².